The minimum Gasteiger partial charge on any atom is -0.465 e. The lowest BCUT2D eigenvalue weighted by molar-refractivity contribution is -0.143. The van der Waals surface area contributed by atoms with Crippen molar-refractivity contribution < 1.29 is 22.5 Å². The molecule has 0 spiro atoms. The molecule has 6 heteroatoms. The number of carbonyl (C=O) groups is 1. The van der Waals surface area contributed by atoms with E-state index in [9.17, 15) is 17.8 Å². The third-order valence-electron chi connectivity index (χ3n) is 7.18. The van der Waals surface area contributed by atoms with Gasteiger partial charge in [-0.05, 0) is 12.8 Å². The molecule has 0 bridgehead atoms. The number of esters is 1. The minimum atomic E-state index is -4.42. The van der Waals surface area contributed by atoms with Crippen molar-refractivity contribution in [2.24, 2.45) is 0 Å². The molecule has 0 heterocycles. The standard InChI is InChI=1S/C30H60O5S/c1-3-5-7-9-11-13-15-16-17-18-19-21-23-25-27-29(36(32,33)34)30(31)35-28-26-24-22-20-14-12-10-8-6-4-2/h29H,3-28H2,1-2H3,(H,32,33,34). The van der Waals surface area contributed by atoms with E-state index in [1.807, 2.05) is 0 Å². The van der Waals surface area contributed by atoms with Crippen LogP contribution in [0.1, 0.15) is 174 Å². The molecule has 0 aliphatic rings. The number of unbranched alkanes of at least 4 members (excludes halogenated alkanes) is 22. The van der Waals surface area contributed by atoms with Gasteiger partial charge in [-0.3, -0.25) is 9.35 Å². The first-order valence-corrected chi connectivity index (χ1v) is 17.1. The van der Waals surface area contributed by atoms with Crippen molar-refractivity contribution in [3.05, 3.63) is 0 Å². The van der Waals surface area contributed by atoms with Gasteiger partial charge in [-0.25, -0.2) is 0 Å². The highest BCUT2D eigenvalue weighted by atomic mass is 32.2. The van der Waals surface area contributed by atoms with E-state index in [0.717, 1.165) is 38.5 Å². The van der Waals surface area contributed by atoms with Crippen LogP contribution in [0.25, 0.3) is 0 Å². The maximum Gasteiger partial charge on any atom is 0.326 e. The summed E-state index contributed by atoms with van der Waals surface area (Å²) in [4.78, 5) is 12.3. The van der Waals surface area contributed by atoms with E-state index in [2.05, 4.69) is 13.8 Å². The monoisotopic (exact) mass is 532 g/mol. The van der Waals surface area contributed by atoms with E-state index in [-0.39, 0.29) is 13.0 Å². The van der Waals surface area contributed by atoms with Crippen molar-refractivity contribution in [1.82, 2.24) is 0 Å². The van der Waals surface area contributed by atoms with Gasteiger partial charge in [0.05, 0.1) is 6.61 Å². The highest BCUT2D eigenvalue weighted by Gasteiger charge is 2.31. The highest BCUT2D eigenvalue weighted by molar-refractivity contribution is 7.87. The Kier molecular flexibility index (Phi) is 25.6. The SMILES string of the molecule is CCCCCCCCCCCCCCCCC(C(=O)OCCCCCCCCCCCC)S(=O)(=O)O. The highest BCUT2D eigenvalue weighted by Crippen LogP contribution is 2.17. The van der Waals surface area contributed by atoms with Crippen LogP contribution in [0.15, 0.2) is 0 Å². The van der Waals surface area contributed by atoms with Gasteiger partial charge < -0.3 is 4.74 Å². The summed E-state index contributed by atoms with van der Waals surface area (Å²) in [6.45, 7) is 4.72. The van der Waals surface area contributed by atoms with Crippen LogP contribution in [-0.2, 0) is 19.6 Å². The van der Waals surface area contributed by atoms with Crippen LogP contribution in [0.2, 0.25) is 0 Å². The Morgan fingerprint density at radius 2 is 0.861 bits per heavy atom. The van der Waals surface area contributed by atoms with E-state index < -0.39 is 21.3 Å². The smallest absolute Gasteiger partial charge is 0.326 e. The predicted molar refractivity (Wildman–Crippen MR) is 153 cm³/mol. The molecule has 216 valence electrons. The first-order valence-electron chi connectivity index (χ1n) is 15.6. The van der Waals surface area contributed by atoms with E-state index in [0.29, 0.717) is 6.42 Å². The van der Waals surface area contributed by atoms with Crippen molar-refractivity contribution in [3.8, 4) is 0 Å². The van der Waals surface area contributed by atoms with Crippen molar-refractivity contribution in [3.63, 3.8) is 0 Å². The summed E-state index contributed by atoms with van der Waals surface area (Å²) in [5.41, 5.74) is 0. The summed E-state index contributed by atoms with van der Waals surface area (Å²) in [6.07, 6.45) is 29.0. The fourth-order valence-electron chi connectivity index (χ4n) is 4.77. The van der Waals surface area contributed by atoms with E-state index in [1.54, 1.807) is 0 Å². The lowest BCUT2D eigenvalue weighted by Gasteiger charge is -2.13. The van der Waals surface area contributed by atoms with Gasteiger partial charge in [-0.2, -0.15) is 8.42 Å². The zero-order valence-corrected chi connectivity index (χ0v) is 24.8. The molecule has 1 N–H and O–H groups in total. The molecule has 0 saturated heterocycles. The lowest BCUT2D eigenvalue weighted by Crippen LogP contribution is -2.32. The maximum absolute atomic E-state index is 12.3. The first kappa shape index (κ1) is 35.4. The molecule has 0 aromatic rings. The number of hydrogen-bond acceptors (Lipinski definition) is 4. The second-order valence-electron chi connectivity index (χ2n) is 10.7. The Balaban J connectivity index is 3.73. The van der Waals surface area contributed by atoms with E-state index in [4.69, 9.17) is 4.74 Å². The molecule has 36 heavy (non-hydrogen) atoms. The average Bonchev–Trinajstić information content (AvgIpc) is 2.84. The molecule has 0 amide bonds. The Morgan fingerprint density at radius 3 is 1.19 bits per heavy atom. The average molecular weight is 533 g/mol. The van der Waals surface area contributed by atoms with E-state index in [1.165, 1.54) is 109 Å². The minimum absolute atomic E-state index is 0.147. The van der Waals surface area contributed by atoms with Crippen LogP contribution >= 0.6 is 0 Å². The zero-order chi connectivity index (χ0) is 26.7. The molecule has 0 rings (SSSR count). The van der Waals surface area contributed by atoms with Gasteiger partial charge in [0, 0.05) is 0 Å². The third kappa shape index (κ3) is 23.8. The molecule has 0 radical (unpaired) electrons. The van der Waals surface area contributed by atoms with Crippen molar-refractivity contribution >= 4 is 16.1 Å². The van der Waals surface area contributed by atoms with Gasteiger partial charge in [-0.1, -0.05) is 162 Å². The first-order chi connectivity index (χ1) is 17.4. The molecule has 1 atom stereocenters. The summed E-state index contributed by atoms with van der Waals surface area (Å²) < 4.78 is 38.1. The molecule has 0 aliphatic carbocycles. The summed E-state index contributed by atoms with van der Waals surface area (Å²) in [5, 5.41) is -1.43. The summed E-state index contributed by atoms with van der Waals surface area (Å²) in [5.74, 6) is -0.789. The normalized spacial score (nSPS) is 12.6. The molecule has 5 nitrogen and oxygen atoms in total. The van der Waals surface area contributed by atoms with Gasteiger partial charge in [0.1, 0.15) is 0 Å². The molecule has 0 aromatic carbocycles. The quantitative estimate of drug-likeness (QED) is 0.0616. The largest absolute Gasteiger partial charge is 0.465 e. The second-order valence-corrected chi connectivity index (χ2v) is 12.3. The fraction of sp³-hybridized carbons (Fsp3) is 0.967. The fourth-order valence-corrected chi connectivity index (χ4v) is 5.54. The summed E-state index contributed by atoms with van der Waals surface area (Å²) in [6, 6.07) is 0. The molecular formula is C30H60O5S. The predicted octanol–water partition coefficient (Wildman–Crippen LogP) is 9.58. The Morgan fingerprint density at radius 1 is 0.556 bits per heavy atom. The molecule has 0 saturated carbocycles. The Labute approximate surface area is 224 Å². The van der Waals surface area contributed by atoms with Crippen molar-refractivity contribution in [1.29, 1.82) is 0 Å². The van der Waals surface area contributed by atoms with Gasteiger partial charge in [-0.15, -0.1) is 0 Å². The van der Waals surface area contributed by atoms with Gasteiger partial charge >= 0.3 is 5.97 Å². The number of hydrogen-bond donors (Lipinski definition) is 1. The van der Waals surface area contributed by atoms with Crippen LogP contribution in [0.4, 0.5) is 0 Å². The topological polar surface area (TPSA) is 80.7 Å². The van der Waals surface area contributed by atoms with Crippen LogP contribution in [0, 0.1) is 0 Å². The lowest BCUT2D eigenvalue weighted by atomic mass is 10.0. The number of ether oxygens (including phenoxy) is 1. The third-order valence-corrected chi connectivity index (χ3v) is 8.33. The van der Waals surface area contributed by atoms with Gasteiger partial charge in [0.25, 0.3) is 10.1 Å². The van der Waals surface area contributed by atoms with Crippen LogP contribution in [0.3, 0.4) is 0 Å². The van der Waals surface area contributed by atoms with E-state index >= 15 is 0 Å². The summed E-state index contributed by atoms with van der Waals surface area (Å²) in [7, 11) is -4.42. The number of rotatable bonds is 28. The Hall–Kier alpha value is -0.620. The van der Waals surface area contributed by atoms with Crippen LogP contribution < -0.4 is 0 Å². The van der Waals surface area contributed by atoms with Crippen LogP contribution in [0.5, 0.6) is 0 Å². The molecular weight excluding hydrogens is 472 g/mol. The molecule has 0 aliphatic heterocycles. The molecule has 1 unspecified atom stereocenters. The Bertz CT molecular complexity index is 576. The molecule has 0 aromatic heterocycles. The maximum atomic E-state index is 12.3. The second kappa shape index (κ2) is 26.0. The van der Waals surface area contributed by atoms with Gasteiger partial charge in [0.15, 0.2) is 5.25 Å². The van der Waals surface area contributed by atoms with Crippen molar-refractivity contribution in [2.75, 3.05) is 6.61 Å². The number of carbonyl (C=O) groups excluding carboxylic acids is 1. The molecule has 0 fully saturated rings. The van der Waals surface area contributed by atoms with Crippen molar-refractivity contribution in [2.45, 2.75) is 180 Å². The van der Waals surface area contributed by atoms with Gasteiger partial charge in [0.2, 0.25) is 0 Å². The zero-order valence-electron chi connectivity index (χ0n) is 24.0. The van der Waals surface area contributed by atoms with Crippen LogP contribution in [-0.4, -0.2) is 30.8 Å². The summed E-state index contributed by atoms with van der Waals surface area (Å²) >= 11 is 0.